The monoisotopic (exact) mass is 515 g/mol. The highest BCUT2D eigenvalue weighted by Crippen LogP contribution is 2.32. The first-order chi connectivity index (χ1) is 16.9. The fraction of sp³-hybridized carbons (Fsp3) is 0.409. The molecule has 3 aromatic rings. The van der Waals surface area contributed by atoms with E-state index in [4.69, 9.17) is 4.74 Å². The molecule has 2 aliphatic rings. The molecule has 1 aliphatic heterocycles. The van der Waals surface area contributed by atoms with Gasteiger partial charge in [0.25, 0.3) is 5.91 Å². The van der Waals surface area contributed by atoms with Crippen molar-refractivity contribution in [1.29, 1.82) is 0 Å². The van der Waals surface area contributed by atoms with Crippen LogP contribution in [-0.2, 0) is 10.0 Å². The number of carbonyl (C=O) groups excluding carboxylic acids is 1. The summed E-state index contributed by atoms with van der Waals surface area (Å²) >= 11 is 1.24. The number of pyridine rings is 1. The molecule has 0 unspecified atom stereocenters. The number of ether oxygens (including phenoxy) is 1. The van der Waals surface area contributed by atoms with E-state index in [1.165, 1.54) is 17.5 Å². The van der Waals surface area contributed by atoms with Crippen LogP contribution in [0.1, 0.15) is 41.3 Å². The first kappa shape index (κ1) is 23.6. The van der Waals surface area contributed by atoms with Crippen molar-refractivity contribution in [2.75, 3.05) is 31.0 Å². The number of hydrogen-bond acceptors (Lipinski definition) is 10. The first-order valence-corrected chi connectivity index (χ1v) is 13.7. The number of hydrogen-bond donors (Lipinski definition) is 2. The summed E-state index contributed by atoms with van der Waals surface area (Å²) in [7, 11) is -3.39. The van der Waals surface area contributed by atoms with E-state index in [-0.39, 0.29) is 17.2 Å². The zero-order chi connectivity index (χ0) is 24.4. The van der Waals surface area contributed by atoms with Gasteiger partial charge in [-0.3, -0.25) is 19.5 Å². The van der Waals surface area contributed by atoms with Crippen molar-refractivity contribution in [1.82, 2.24) is 30.2 Å². The third kappa shape index (κ3) is 5.26. The molecule has 2 fully saturated rings. The molecule has 5 rings (SSSR count). The minimum atomic E-state index is -3.39. The molecule has 2 N–H and O–H groups in total. The molecular formula is C22H25N7O4S2. The number of amides is 1. The van der Waals surface area contributed by atoms with E-state index < -0.39 is 10.0 Å². The highest BCUT2D eigenvalue weighted by atomic mass is 32.2. The number of piperazine rings is 1. The zero-order valence-electron chi connectivity index (χ0n) is 19.0. The lowest BCUT2D eigenvalue weighted by atomic mass is 10.1. The number of rotatable bonds is 8. The lowest BCUT2D eigenvalue weighted by Crippen LogP contribution is -2.49. The van der Waals surface area contributed by atoms with Gasteiger partial charge in [-0.15, -0.1) is 11.3 Å². The zero-order valence-corrected chi connectivity index (χ0v) is 20.7. The second kappa shape index (κ2) is 9.84. The SMILES string of the molecule is CCOc1cncc(-c2cnc(C(=O)N3CCNC[C@H]3c3cc(NS(=O)(=O)C4CC4)ccn3)s2)n1. The highest BCUT2D eigenvalue weighted by molar-refractivity contribution is 7.93. The van der Waals surface area contributed by atoms with Crippen LogP contribution in [0.2, 0.25) is 0 Å². The maximum absolute atomic E-state index is 13.5. The van der Waals surface area contributed by atoms with Crippen LogP contribution < -0.4 is 14.8 Å². The van der Waals surface area contributed by atoms with Crippen molar-refractivity contribution in [3.8, 4) is 16.5 Å². The van der Waals surface area contributed by atoms with Gasteiger partial charge in [-0.2, -0.15) is 0 Å². The topological polar surface area (TPSA) is 139 Å². The number of anilines is 1. The third-order valence-electron chi connectivity index (χ3n) is 5.70. The molecule has 0 aromatic carbocycles. The Hall–Kier alpha value is -3.16. The first-order valence-electron chi connectivity index (χ1n) is 11.3. The van der Waals surface area contributed by atoms with E-state index in [9.17, 15) is 13.2 Å². The Labute approximate surface area is 207 Å². The molecular weight excluding hydrogens is 490 g/mol. The minimum Gasteiger partial charge on any atom is -0.477 e. The molecule has 0 radical (unpaired) electrons. The number of nitrogens with one attached hydrogen (secondary N) is 2. The van der Waals surface area contributed by atoms with E-state index in [0.717, 1.165) is 0 Å². The number of carbonyl (C=O) groups is 1. The third-order valence-corrected chi connectivity index (χ3v) is 8.57. The molecule has 11 nitrogen and oxygen atoms in total. The van der Waals surface area contributed by atoms with Crippen LogP contribution >= 0.6 is 11.3 Å². The van der Waals surface area contributed by atoms with E-state index in [1.54, 1.807) is 35.6 Å². The van der Waals surface area contributed by atoms with Crippen molar-refractivity contribution in [2.45, 2.75) is 31.1 Å². The van der Waals surface area contributed by atoms with Gasteiger partial charge in [-0.25, -0.2) is 18.4 Å². The maximum atomic E-state index is 13.5. The van der Waals surface area contributed by atoms with Crippen LogP contribution in [0.5, 0.6) is 5.88 Å². The summed E-state index contributed by atoms with van der Waals surface area (Å²) in [5.41, 5.74) is 1.64. The van der Waals surface area contributed by atoms with E-state index >= 15 is 0 Å². The summed E-state index contributed by atoms with van der Waals surface area (Å²) in [5.74, 6) is 0.198. The van der Waals surface area contributed by atoms with Gasteiger partial charge < -0.3 is 15.0 Å². The second-order valence-electron chi connectivity index (χ2n) is 8.24. The number of sulfonamides is 1. The molecule has 3 aromatic heterocycles. The molecule has 184 valence electrons. The van der Waals surface area contributed by atoms with Gasteiger partial charge in [0.2, 0.25) is 15.9 Å². The summed E-state index contributed by atoms with van der Waals surface area (Å²) in [6, 6.07) is 2.95. The summed E-state index contributed by atoms with van der Waals surface area (Å²) in [5, 5.41) is 3.30. The van der Waals surface area contributed by atoms with Gasteiger partial charge in [-0.1, -0.05) is 0 Å². The largest absolute Gasteiger partial charge is 0.477 e. The molecule has 0 bridgehead atoms. The summed E-state index contributed by atoms with van der Waals surface area (Å²) in [6.45, 7) is 3.95. The molecule has 0 spiro atoms. The molecule has 1 saturated heterocycles. The van der Waals surface area contributed by atoms with Gasteiger partial charge >= 0.3 is 0 Å². The highest BCUT2D eigenvalue weighted by Gasteiger charge is 2.36. The number of nitrogens with zero attached hydrogens (tertiary/aromatic N) is 5. The molecule has 1 atom stereocenters. The Bertz CT molecular complexity index is 1330. The standard InChI is InChI=1S/C22H25N7O4S2/c1-2-33-20-13-24-10-17(27-20)19-12-26-21(34-19)22(30)29-8-7-23-11-18(29)16-9-14(5-6-25-16)28-35(31,32)15-3-4-15/h5-6,9-10,12-13,15,18,23H,2-4,7-8,11H2,1H3,(H,25,28)/t18-/m0/s1. The Morgan fingerprint density at radius 3 is 2.94 bits per heavy atom. The van der Waals surface area contributed by atoms with E-state index in [1.807, 2.05) is 6.92 Å². The maximum Gasteiger partial charge on any atom is 0.283 e. The van der Waals surface area contributed by atoms with Crippen molar-refractivity contribution < 1.29 is 17.9 Å². The van der Waals surface area contributed by atoms with Crippen LogP contribution in [0.3, 0.4) is 0 Å². The molecule has 1 aliphatic carbocycles. The average molecular weight is 516 g/mol. The summed E-state index contributed by atoms with van der Waals surface area (Å²) in [6.07, 6.45) is 7.68. The molecule has 1 amide bonds. The molecule has 4 heterocycles. The summed E-state index contributed by atoms with van der Waals surface area (Å²) in [4.78, 5) is 33.3. The van der Waals surface area contributed by atoms with Crippen LogP contribution in [-0.4, -0.2) is 70.7 Å². The Balaban J connectivity index is 1.36. The van der Waals surface area contributed by atoms with Gasteiger partial charge in [0.05, 0.1) is 46.6 Å². The Kier molecular flexibility index (Phi) is 6.62. The fourth-order valence-corrected chi connectivity index (χ4v) is 6.04. The smallest absolute Gasteiger partial charge is 0.283 e. The van der Waals surface area contributed by atoms with Gasteiger partial charge in [-0.05, 0) is 31.9 Å². The normalized spacial score (nSPS) is 18.3. The van der Waals surface area contributed by atoms with Crippen LogP contribution in [0.15, 0.2) is 36.9 Å². The van der Waals surface area contributed by atoms with Crippen molar-refractivity contribution in [2.24, 2.45) is 0 Å². The second-order valence-corrected chi connectivity index (χ2v) is 11.2. The van der Waals surface area contributed by atoms with Crippen molar-refractivity contribution in [3.05, 3.63) is 47.6 Å². The molecule has 13 heteroatoms. The van der Waals surface area contributed by atoms with Crippen molar-refractivity contribution in [3.63, 3.8) is 0 Å². The lowest BCUT2D eigenvalue weighted by molar-refractivity contribution is 0.0629. The van der Waals surface area contributed by atoms with E-state index in [0.29, 0.717) is 71.9 Å². The number of aromatic nitrogens is 4. The number of thiazole rings is 1. The van der Waals surface area contributed by atoms with Gasteiger partial charge in [0.1, 0.15) is 5.69 Å². The molecule has 1 saturated carbocycles. The van der Waals surface area contributed by atoms with Gasteiger partial charge in [0, 0.05) is 32.0 Å². The molecule has 35 heavy (non-hydrogen) atoms. The fourth-order valence-electron chi connectivity index (χ4n) is 3.83. The van der Waals surface area contributed by atoms with Crippen LogP contribution in [0.4, 0.5) is 5.69 Å². The predicted octanol–water partition coefficient (Wildman–Crippen LogP) is 2.08. The van der Waals surface area contributed by atoms with E-state index in [2.05, 4.69) is 30.0 Å². The minimum absolute atomic E-state index is 0.215. The Morgan fingerprint density at radius 1 is 1.29 bits per heavy atom. The predicted molar refractivity (Wildman–Crippen MR) is 131 cm³/mol. The van der Waals surface area contributed by atoms with Gasteiger partial charge in [0.15, 0.2) is 5.01 Å². The average Bonchev–Trinajstić information content (AvgIpc) is 3.62. The Morgan fingerprint density at radius 2 is 2.14 bits per heavy atom. The quantitative estimate of drug-likeness (QED) is 0.461. The van der Waals surface area contributed by atoms with Crippen LogP contribution in [0, 0.1) is 0 Å². The van der Waals surface area contributed by atoms with Crippen molar-refractivity contribution >= 4 is 33.0 Å². The van der Waals surface area contributed by atoms with Crippen LogP contribution in [0.25, 0.3) is 10.6 Å². The lowest BCUT2D eigenvalue weighted by Gasteiger charge is -2.35. The summed E-state index contributed by atoms with van der Waals surface area (Å²) < 4.78 is 32.8.